The smallest absolute Gasteiger partial charge is 0.0897 e. The van der Waals surface area contributed by atoms with Gasteiger partial charge in [0.05, 0.1) is 10.7 Å². The van der Waals surface area contributed by atoms with Crippen molar-refractivity contribution in [3.8, 4) is 0 Å². The van der Waals surface area contributed by atoms with Gasteiger partial charge in [0.15, 0.2) is 0 Å². The van der Waals surface area contributed by atoms with Crippen molar-refractivity contribution in [3.63, 3.8) is 0 Å². The first-order chi connectivity index (χ1) is 5.22. The SMILES string of the molecule is Cc1nc(CC(C)CO)cs1. The van der Waals surface area contributed by atoms with Gasteiger partial charge in [-0.15, -0.1) is 11.3 Å². The lowest BCUT2D eigenvalue weighted by Gasteiger charge is -2.02. The normalized spacial score (nSPS) is 13.4. The van der Waals surface area contributed by atoms with E-state index in [1.165, 1.54) is 0 Å². The number of aryl methyl sites for hydroxylation is 1. The molecule has 1 aromatic rings. The molecule has 62 valence electrons. The highest BCUT2D eigenvalue weighted by atomic mass is 32.1. The summed E-state index contributed by atoms with van der Waals surface area (Å²) < 4.78 is 0. The Morgan fingerprint density at radius 3 is 2.91 bits per heavy atom. The molecular weight excluding hydrogens is 158 g/mol. The highest BCUT2D eigenvalue weighted by Crippen LogP contribution is 2.11. The summed E-state index contributed by atoms with van der Waals surface area (Å²) in [6.07, 6.45) is 0.890. The van der Waals surface area contributed by atoms with E-state index in [0.717, 1.165) is 17.1 Å². The number of rotatable bonds is 3. The first kappa shape index (κ1) is 8.68. The molecule has 0 amide bonds. The van der Waals surface area contributed by atoms with E-state index in [1.54, 1.807) is 11.3 Å². The van der Waals surface area contributed by atoms with Crippen LogP contribution in [0.1, 0.15) is 17.6 Å². The molecule has 0 saturated carbocycles. The van der Waals surface area contributed by atoms with Gasteiger partial charge in [-0.3, -0.25) is 0 Å². The van der Waals surface area contributed by atoms with Crippen LogP contribution in [0.4, 0.5) is 0 Å². The van der Waals surface area contributed by atoms with Gasteiger partial charge in [0.25, 0.3) is 0 Å². The second-order valence-electron chi connectivity index (χ2n) is 2.85. The summed E-state index contributed by atoms with van der Waals surface area (Å²) in [5.74, 6) is 0.330. The van der Waals surface area contributed by atoms with Crippen molar-refractivity contribution in [2.75, 3.05) is 6.61 Å². The molecule has 0 aliphatic carbocycles. The molecule has 11 heavy (non-hydrogen) atoms. The van der Waals surface area contributed by atoms with Gasteiger partial charge in [0, 0.05) is 12.0 Å². The minimum Gasteiger partial charge on any atom is -0.396 e. The largest absolute Gasteiger partial charge is 0.396 e. The summed E-state index contributed by atoms with van der Waals surface area (Å²) in [4.78, 5) is 4.31. The fraction of sp³-hybridized carbons (Fsp3) is 0.625. The Morgan fingerprint density at radius 2 is 2.45 bits per heavy atom. The van der Waals surface area contributed by atoms with Crippen LogP contribution in [0.2, 0.25) is 0 Å². The number of hydrogen-bond donors (Lipinski definition) is 1. The van der Waals surface area contributed by atoms with Crippen molar-refractivity contribution in [2.24, 2.45) is 5.92 Å². The zero-order valence-corrected chi connectivity index (χ0v) is 7.69. The van der Waals surface area contributed by atoms with Crippen LogP contribution in [0.5, 0.6) is 0 Å². The molecule has 0 aliphatic rings. The van der Waals surface area contributed by atoms with E-state index in [1.807, 2.05) is 13.8 Å². The maximum atomic E-state index is 8.78. The quantitative estimate of drug-likeness (QED) is 0.749. The fourth-order valence-corrected chi connectivity index (χ4v) is 1.55. The Hall–Kier alpha value is -0.410. The van der Waals surface area contributed by atoms with Crippen LogP contribution in [0.25, 0.3) is 0 Å². The van der Waals surface area contributed by atoms with Gasteiger partial charge in [-0.05, 0) is 19.3 Å². The number of nitrogens with zero attached hydrogens (tertiary/aromatic N) is 1. The van der Waals surface area contributed by atoms with Crippen LogP contribution >= 0.6 is 11.3 Å². The van der Waals surface area contributed by atoms with E-state index in [0.29, 0.717) is 5.92 Å². The van der Waals surface area contributed by atoms with E-state index in [-0.39, 0.29) is 6.61 Å². The van der Waals surface area contributed by atoms with Crippen LogP contribution < -0.4 is 0 Å². The molecule has 1 rings (SSSR count). The fourth-order valence-electron chi connectivity index (χ4n) is 0.924. The maximum absolute atomic E-state index is 8.78. The lowest BCUT2D eigenvalue weighted by atomic mass is 10.1. The van der Waals surface area contributed by atoms with Crippen molar-refractivity contribution >= 4 is 11.3 Å². The minimum atomic E-state index is 0.247. The highest BCUT2D eigenvalue weighted by Gasteiger charge is 2.03. The number of aromatic nitrogens is 1. The third kappa shape index (κ3) is 2.60. The number of hydrogen-bond acceptors (Lipinski definition) is 3. The zero-order chi connectivity index (χ0) is 8.27. The van der Waals surface area contributed by atoms with E-state index in [2.05, 4.69) is 10.4 Å². The van der Waals surface area contributed by atoms with Gasteiger partial charge >= 0.3 is 0 Å². The monoisotopic (exact) mass is 171 g/mol. The lowest BCUT2D eigenvalue weighted by molar-refractivity contribution is 0.236. The summed E-state index contributed by atoms with van der Waals surface area (Å²) >= 11 is 1.66. The molecule has 0 aliphatic heterocycles. The van der Waals surface area contributed by atoms with Crippen LogP contribution in [-0.4, -0.2) is 16.7 Å². The van der Waals surface area contributed by atoms with Gasteiger partial charge < -0.3 is 5.11 Å². The van der Waals surface area contributed by atoms with Crippen LogP contribution in [0, 0.1) is 12.8 Å². The number of aliphatic hydroxyl groups excluding tert-OH is 1. The molecule has 0 bridgehead atoms. The van der Waals surface area contributed by atoms with Gasteiger partial charge in [0.2, 0.25) is 0 Å². The Kier molecular flexibility index (Phi) is 3.02. The molecule has 0 spiro atoms. The molecule has 0 aromatic carbocycles. The van der Waals surface area contributed by atoms with Crippen LogP contribution in [-0.2, 0) is 6.42 Å². The average Bonchev–Trinajstić information content (AvgIpc) is 2.35. The predicted molar refractivity (Wildman–Crippen MR) is 46.8 cm³/mol. The predicted octanol–water partition coefficient (Wildman–Crippen LogP) is 1.62. The van der Waals surface area contributed by atoms with Gasteiger partial charge in [-0.1, -0.05) is 6.92 Å². The number of thiazole rings is 1. The molecule has 3 heteroatoms. The molecule has 0 radical (unpaired) electrons. The Balaban J connectivity index is 2.50. The average molecular weight is 171 g/mol. The van der Waals surface area contributed by atoms with Gasteiger partial charge in [-0.25, -0.2) is 4.98 Å². The Morgan fingerprint density at radius 1 is 1.73 bits per heavy atom. The zero-order valence-electron chi connectivity index (χ0n) is 6.87. The number of aliphatic hydroxyl groups is 1. The van der Waals surface area contributed by atoms with Crippen molar-refractivity contribution in [3.05, 3.63) is 16.1 Å². The summed E-state index contributed by atoms with van der Waals surface area (Å²) in [6.45, 7) is 4.27. The molecule has 1 N–H and O–H groups in total. The van der Waals surface area contributed by atoms with Gasteiger partial charge in [0.1, 0.15) is 0 Å². The topological polar surface area (TPSA) is 33.1 Å². The van der Waals surface area contributed by atoms with E-state index in [9.17, 15) is 0 Å². The summed E-state index contributed by atoms with van der Waals surface area (Å²) in [5.41, 5.74) is 1.11. The first-order valence-corrected chi connectivity index (χ1v) is 4.62. The van der Waals surface area contributed by atoms with Crippen LogP contribution in [0.3, 0.4) is 0 Å². The standard InChI is InChI=1S/C8H13NOS/c1-6(4-10)3-8-5-11-7(2)9-8/h5-6,10H,3-4H2,1-2H3. The molecule has 2 nitrogen and oxygen atoms in total. The lowest BCUT2D eigenvalue weighted by Crippen LogP contribution is -2.04. The van der Waals surface area contributed by atoms with Crippen LogP contribution in [0.15, 0.2) is 5.38 Å². The Labute approximate surface area is 70.9 Å². The molecular formula is C8H13NOS. The van der Waals surface area contributed by atoms with Crippen molar-refractivity contribution in [1.29, 1.82) is 0 Å². The third-order valence-corrected chi connectivity index (χ3v) is 2.36. The Bertz CT molecular complexity index is 222. The third-order valence-electron chi connectivity index (χ3n) is 1.54. The van der Waals surface area contributed by atoms with Crippen molar-refractivity contribution < 1.29 is 5.11 Å². The van der Waals surface area contributed by atoms with Gasteiger partial charge in [-0.2, -0.15) is 0 Å². The molecule has 1 aromatic heterocycles. The molecule has 0 fully saturated rings. The molecule has 1 atom stereocenters. The molecule has 1 unspecified atom stereocenters. The van der Waals surface area contributed by atoms with E-state index >= 15 is 0 Å². The second-order valence-corrected chi connectivity index (χ2v) is 3.91. The summed E-state index contributed by atoms with van der Waals surface area (Å²) in [5, 5.41) is 11.9. The molecule has 0 saturated heterocycles. The second kappa shape index (κ2) is 3.83. The van der Waals surface area contributed by atoms with E-state index < -0.39 is 0 Å². The summed E-state index contributed by atoms with van der Waals surface area (Å²) in [7, 11) is 0. The van der Waals surface area contributed by atoms with Crippen molar-refractivity contribution in [1.82, 2.24) is 4.98 Å². The van der Waals surface area contributed by atoms with Crippen molar-refractivity contribution in [2.45, 2.75) is 20.3 Å². The molecule has 1 heterocycles. The maximum Gasteiger partial charge on any atom is 0.0897 e. The van der Waals surface area contributed by atoms with E-state index in [4.69, 9.17) is 5.11 Å². The minimum absolute atomic E-state index is 0.247. The highest BCUT2D eigenvalue weighted by molar-refractivity contribution is 7.09. The summed E-state index contributed by atoms with van der Waals surface area (Å²) in [6, 6.07) is 0. The first-order valence-electron chi connectivity index (χ1n) is 3.74.